The zero-order valence-corrected chi connectivity index (χ0v) is 19.4. The van der Waals surface area contributed by atoms with Crippen molar-refractivity contribution in [1.82, 2.24) is 30.6 Å². The lowest BCUT2D eigenvalue weighted by atomic mass is 9.94. The van der Waals surface area contributed by atoms with Crippen LogP contribution >= 0.6 is 11.3 Å². The van der Waals surface area contributed by atoms with Crippen molar-refractivity contribution in [3.05, 3.63) is 69.9 Å². The molecule has 1 aromatic carbocycles. The number of hydrogen-bond acceptors (Lipinski definition) is 7. The van der Waals surface area contributed by atoms with E-state index in [1.165, 1.54) is 10.2 Å². The summed E-state index contributed by atoms with van der Waals surface area (Å²) < 4.78 is 1.44. The number of nitrogens with one attached hydrogen (secondary N) is 1. The molecule has 0 spiro atoms. The largest absolute Gasteiger partial charge is 0.355 e. The van der Waals surface area contributed by atoms with Gasteiger partial charge in [0, 0.05) is 23.9 Å². The maximum absolute atomic E-state index is 13.3. The van der Waals surface area contributed by atoms with Gasteiger partial charge in [-0.15, -0.1) is 26.2 Å². The first kappa shape index (κ1) is 21.5. The van der Waals surface area contributed by atoms with Gasteiger partial charge in [0.05, 0.1) is 6.04 Å². The number of carbonyl (C=O) groups excluding carboxylic acids is 1. The van der Waals surface area contributed by atoms with E-state index in [2.05, 4.69) is 73.5 Å². The number of rotatable bonds is 7. The average Bonchev–Trinajstić information content (AvgIpc) is 3.55. The van der Waals surface area contributed by atoms with Crippen LogP contribution in [0.4, 0.5) is 5.82 Å². The summed E-state index contributed by atoms with van der Waals surface area (Å²) in [4.78, 5) is 16.6. The summed E-state index contributed by atoms with van der Waals surface area (Å²) in [7, 11) is 0. The van der Waals surface area contributed by atoms with Gasteiger partial charge in [-0.25, -0.2) is 0 Å². The molecule has 1 fully saturated rings. The first-order valence-electron chi connectivity index (χ1n) is 11.4. The molecule has 1 amide bonds. The van der Waals surface area contributed by atoms with E-state index in [1.54, 1.807) is 11.3 Å². The summed E-state index contributed by atoms with van der Waals surface area (Å²) in [5.41, 5.74) is 3.08. The molecule has 33 heavy (non-hydrogen) atoms. The molecule has 8 nitrogen and oxygen atoms in total. The monoisotopic (exact) mass is 461 g/mol. The highest BCUT2D eigenvalue weighted by molar-refractivity contribution is 7.10. The molecule has 1 atom stereocenters. The molecule has 9 heteroatoms. The van der Waals surface area contributed by atoms with E-state index in [-0.39, 0.29) is 17.9 Å². The van der Waals surface area contributed by atoms with Crippen LogP contribution in [0.1, 0.15) is 48.2 Å². The minimum atomic E-state index is -0.116. The number of carbonyl (C=O) groups is 1. The van der Waals surface area contributed by atoms with E-state index >= 15 is 0 Å². The third kappa shape index (κ3) is 4.73. The Morgan fingerprint density at radius 3 is 2.70 bits per heavy atom. The Kier molecular flexibility index (Phi) is 6.30. The fraction of sp³-hybridized carbons (Fsp3) is 0.375. The van der Waals surface area contributed by atoms with Crippen molar-refractivity contribution < 1.29 is 4.79 Å². The minimum absolute atomic E-state index is 0.0140. The van der Waals surface area contributed by atoms with Gasteiger partial charge in [0.15, 0.2) is 11.5 Å². The third-order valence-electron chi connectivity index (χ3n) is 6.21. The van der Waals surface area contributed by atoms with Crippen LogP contribution in [0.2, 0.25) is 0 Å². The van der Waals surface area contributed by atoms with Crippen LogP contribution in [0.15, 0.2) is 53.9 Å². The lowest BCUT2D eigenvalue weighted by Gasteiger charge is -2.32. The summed E-state index contributed by atoms with van der Waals surface area (Å²) in [5, 5.41) is 21.3. The van der Waals surface area contributed by atoms with Crippen LogP contribution in [0.25, 0.3) is 5.65 Å². The highest BCUT2D eigenvalue weighted by Gasteiger charge is 2.28. The second-order valence-electron chi connectivity index (χ2n) is 8.43. The Balaban J connectivity index is 1.25. The van der Waals surface area contributed by atoms with E-state index in [0.29, 0.717) is 5.65 Å². The van der Waals surface area contributed by atoms with Crippen molar-refractivity contribution in [3.63, 3.8) is 0 Å². The minimum Gasteiger partial charge on any atom is -0.355 e. The highest BCUT2D eigenvalue weighted by Crippen LogP contribution is 2.29. The normalized spacial score (nSPS) is 15.6. The van der Waals surface area contributed by atoms with Crippen molar-refractivity contribution >= 4 is 28.7 Å². The van der Waals surface area contributed by atoms with Gasteiger partial charge in [-0.1, -0.05) is 43.7 Å². The van der Waals surface area contributed by atoms with Gasteiger partial charge in [0.2, 0.25) is 5.91 Å². The quantitative estimate of drug-likeness (QED) is 0.452. The maximum Gasteiger partial charge on any atom is 0.224 e. The maximum atomic E-state index is 13.3. The van der Waals surface area contributed by atoms with Crippen molar-refractivity contribution in [2.45, 2.75) is 38.6 Å². The smallest absolute Gasteiger partial charge is 0.224 e. The van der Waals surface area contributed by atoms with E-state index in [1.807, 2.05) is 18.2 Å². The zero-order valence-electron chi connectivity index (χ0n) is 18.6. The summed E-state index contributed by atoms with van der Waals surface area (Å²) in [6, 6.07) is 16.5. The van der Waals surface area contributed by atoms with Crippen LogP contribution in [0, 0.1) is 5.92 Å². The Hall–Kier alpha value is -3.33. The molecule has 170 valence electrons. The number of anilines is 1. The van der Waals surface area contributed by atoms with Crippen LogP contribution < -0.4 is 10.2 Å². The van der Waals surface area contributed by atoms with E-state index in [0.717, 1.165) is 55.0 Å². The van der Waals surface area contributed by atoms with Crippen molar-refractivity contribution in [3.8, 4) is 0 Å². The number of fused-ring (bicyclic) bond motifs is 1. The zero-order chi connectivity index (χ0) is 22.6. The van der Waals surface area contributed by atoms with Gasteiger partial charge in [0.25, 0.3) is 0 Å². The van der Waals surface area contributed by atoms with E-state index in [9.17, 15) is 4.79 Å². The molecule has 0 unspecified atom stereocenters. The predicted octanol–water partition coefficient (Wildman–Crippen LogP) is 3.66. The Bertz CT molecular complexity index is 1200. The molecule has 1 N–H and O–H groups in total. The number of hydrogen-bond donors (Lipinski definition) is 1. The van der Waals surface area contributed by atoms with Gasteiger partial charge >= 0.3 is 0 Å². The molecule has 0 aliphatic carbocycles. The van der Waals surface area contributed by atoms with Crippen LogP contribution in [0.5, 0.6) is 0 Å². The molecular formula is C24H27N7OS. The molecule has 0 saturated carbocycles. The van der Waals surface area contributed by atoms with Crippen molar-refractivity contribution in [2.24, 2.45) is 5.92 Å². The van der Waals surface area contributed by atoms with E-state index in [4.69, 9.17) is 0 Å². The Morgan fingerprint density at radius 1 is 1.15 bits per heavy atom. The Morgan fingerprint density at radius 2 is 1.97 bits per heavy atom. The van der Waals surface area contributed by atoms with Crippen LogP contribution in [-0.2, 0) is 11.2 Å². The molecule has 4 heterocycles. The number of benzene rings is 1. The van der Waals surface area contributed by atoms with Gasteiger partial charge < -0.3 is 10.2 Å². The van der Waals surface area contributed by atoms with Crippen LogP contribution in [0.3, 0.4) is 0 Å². The number of piperidine rings is 1. The standard InChI is InChI=1S/C24H27N7OS/c1-2-4-17-6-8-18(9-7-17)23(20-5-3-16-33-20)25-24(32)19-12-14-30(15-13-19)22-11-10-21-26-28-29-31(21)27-22/h3,5-11,16,19,23H,2,4,12-15H2,1H3,(H,25,32)/t23-/m0/s1. The molecule has 4 aromatic rings. The fourth-order valence-electron chi connectivity index (χ4n) is 4.38. The average molecular weight is 462 g/mol. The fourth-order valence-corrected chi connectivity index (χ4v) is 5.18. The van der Waals surface area contributed by atoms with Crippen molar-refractivity contribution in [1.29, 1.82) is 0 Å². The molecule has 1 saturated heterocycles. The Labute approximate surface area is 196 Å². The topological polar surface area (TPSA) is 88.3 Å². The summed E-state index contributed by atoms with van der Waals surface area (Å²) >= 11 is 1.68. The van der Waals surface area contributed by atoms with Crippen LogP contribution in [-0.4, -0.2) is 44.3 Å². The van der Waals surface area contributed by atoms with Gasteiger partial charge in [-0.05, 0) is 64.4 Å². The summed E-state index contributed by atoms with van der Waals surface area (Å²) in [5.74, 6) is 0.937. The molecule has 1 aliphatic rings. The lowest BCUT2D eigenvalue weighted by molar-refractivity contribution is -0.126. The first-order valence-corrected chi connectivity index (χ1v) is 12.3. The van der Waals surface area contributed by atoms with Gasteiger partial charge in [-0.3, -0.25) is 4.79 Å². The molecule has 3 aromatic heterocycles. The molecule has 5 rings (SSSR count). The summed E-state index contributed by atoms with van der Waals surface area (Å²) in [6.45, 7) is 3.73. The number of thiophene rings is 1. The summed E-state index contributed by atoms with van der Waals surface area (Å²) in [6.07, 6.45) is 3.77. The van der Waals surface area contributed by atoms with E-state index < -0.39 is 0 Å². The lowest BCUT2D eigenvalue weighted by Crippen LogP contribution is -2.42. The molecule has 1 aliphatic heterocycles. The highest BCUT2D eigenvalue weighted by atomic mass is 32.1. The number of aryl methyl sites for hydroxylation is 1. The number of amides is 1. The number of aromatic nitrogens is 5. The molecular weight excluding hydrogens is 434 g/mol. The predicted molar refractivity (Wildman–Crippen MR) is 128 cm³/mol. The van der Waals surface area contributed by atoms with Crippen molar-refractivity contribution in [2.75, 3.05) is 18.0 Å². The third-order valence-corrected chi connectivity index (χ3v) is 7.15. The second kappa shape index (κ2) is 9.66. The second-order valence-corrected chi connectivity index (χ2v) is 9.41. The van der Waals surface area contributed by atoms with Gasteiger partial charge in [0.1, 0.15) is 0 Å². The molecule has 0 bridgehead atoms. The van der Waals surface area contributed by atoms with Gasteiger partial charge in [-0.2, -0.15) is 0 Å². The number of tetrazole rings is 1. The molecule has 0 radical (unpaired) electrons. The SMILES string of the molecule is CCCc1ccc([C@H](NC(=O)C2CCN(c3ccc4nnnn4n3)CC2)c2cccs2)cc1. The number of nitrogens with zero attached hydrogens (tertiary/aromatic N) is 6. The first-order chi connectivity index (χ1) is 16.2.